The highest BCUT2D eigenvalue weighted by atomic mass is 32.2. The first kappa shape index (κ1) is 21.8. The zero-order valence-electron chi connectivity index (χ0n) is 16.9. The number of aryl methyl sites for hydroxylation is 1. The number of amides is 2. The number of carbonyl (C=O) groups excluding carboxylic acids is 2. The SMILES string of the molecule is COc1ccc(C)cc1S(=O)(=O)N1CCC(C(=O)Nc2ccc(C(N)=O)cc2)CC1. The van der Waals surface area contributed by atoms with Gasteiger partial charge in [0.25, 0.3) is 0 Å². The fourth-order valence-electron chi connectivity index (χ4n) is 3.45. The Kier molecular flexibility index (Phi) is 6.42. The number of carbonyl (C=O) groups is 2. The van der Waals surface area contributed by atoms with Gasteiger partial charge in [-0.1, -0.05) is 6.07 Å². The van der Waals surface area contributed by atoms with Crippen molar-refractivity contribution in [1.82, 2.24) is 4.31 Å². The summed E-state index contributed by atoms with van der Waals surface area (Å²) in [6.07, 6.45) is 0.830. The second kappa shape index (κ2) is 8.85. The van der Waals surface area contributed by atoms with Gasteiger partial charge in [-0.05, 0) is 61.7 Å². The fraction of sp³-hybridized carbons (Fsp3) is 0.333. The number of benzene rings is 2. The minimum Gasteiger partial charge on any atom is -0.495 e. The van der Waals surface area contributed by atoms with Crippen molar-refractivity contribution >= 4 is 27.5 Å². The molecule has 0 atom stereocenters. The maximum absolute atomic E-state index is 13.1. The summed E-state index contributed by atoms with van der Waals surface area (Å²) in [4.78, 5) is 23.8. The van der Waals surface area contributed by atoms with Gasteiger partial charge >= 0.3 is 0 Å². The molecule has 9 heteroatoms. The maximum Gasteiger partial charge on any atom is 0.248 e. The third-order valence-corrected chi connectivity index (χ3v) is 7.12. The number of hydrogen-bond donors (Lipinski definition) is 2. The molecule has 3 N–H and O–H groups in total. The van der Waals surface area contributed by atoms with Gasteiger partial charge in [0.2, 0.25) is 21.8 Å². The topological polar surface area (TPSA) is 119 Å². The van der Waals surface area contributed by atoms with Crippen molar-refractivity contribution in [2.24, 2.45) is 11.7 Å². The molecule has 0 aliphatic carbocycles. The molecular formula is C21H25N3O5S. The molecule has 1 heterocycles. The second-order valence-corrected chi connectivity index (χ2v) is 9.17. The van der Waals surface area contributed by atoms with Crippen LogP contribution in [0.3, 0.4) is 0 Å². The van der Waals surface area contributed by atoms with Crippen LogP contribution in [0.1, 0.15) is 28.8 Å². The van der Waals surface area contributed by atoms with E-state index in [1.54, 1.807) is 42.5 Å². The summed E-state index contributed by atoms with van der Waals surface area (Å²) in [5.41, 5.74) is 6.95. The van der Waals surface area contributed by atoms with Crippen molar-refractivity contribution in [3.8, 4) is 5.75 Å². The van der Waals surface area contributed by atoms with Crippen LogP contribution in [0.15, 0.2) is 47.4 Å². The average Bonchev–Trinajstić information content (AvgIpc) is 2.74. The molecule has 160 valence electrons. The van der Waals surface area contributed by atoms with Crippen molar-refractivity contribution in [2.75, 3.05) is 25.5 Å². The molecule has 0 radical (unpaired) electrons. The molecule has 2 aromatic rings. The summed E-state index contributed by atoms with van der Waals surface area (Å²) in [6.45, 7) is 2.32. The van der Waals surface area contributed by atoms with E-state index in [0.29, 0.717) is 29.8 Å². The first-order valence-corrected chi connectivity index (χ1v) is 11.0. The Morgan fingerprint density at radius 3 is 2.30 bits per heavy atom. The number of primary amides is 1. The number of piperidine rings is 1. The molecule has 0 bridgehead atoms. The Hall–Kier alpha value is -2.91. The summed E-state index contributed by atoms with van der Waals surface area (Å²) in [5, 5.41) is 2.81. The molecule has 0 saturated carbocycles. The summed E-state index contributed by atoms with van der Waals surface area (Å²) < 4.78 is 32.8. The molecule has 0 spiro atoms. The highest BCUT2D eigenvalue weighted by Gasteiger charge is 2.33. The molecule has 1 fully saturated rings. The van der Waals surface area contributed by atoms with Crippen LogP contribution < -0.4 is 15.8 Å². The number of nitrogens with one attached hydrogen (secondary N) is 1. The van der Waals surface area contributed by atoms with E-state index in [0.717, 1.165) is 5.56 Å². The van der Waals surface area contributed by atoms with Crippen LogP contribution in [0.2, 0.25) is 0 Å². The van der Waals surface area contributed by atoms with Gasteiger partial charge in [0.15, 0.2) is 0 Å². The molecule has 1 aliphatic rings. The number of nitrogens with zero attached hydrogens (tertiary/aromatic N) is 1. The van der Waals surface area contributed by atoms with E-state index in [9.17, 15) is 18.0 Å². The van der Waals surface area contributed by atoms with Crippen LogP contribution in [0.5, 0.6) is 5.75 Å². The van der Waals surface area contributed by atoms with Crippen molar-refractivity contribution in [3.05, 3.63) is 53.6 Å². The lowest BCUT2D eigenvalue weighted by Crippen LogP contribution is -2.41. The van der Waals surface area contributed by atoms with Gasteiger partial charge in [-0.3, -0.25) is 9.59 Å². The molecule has 8 nitrogen and oxygen atoms in total. The van der Waals surface area contributed by atoms with Crippen LogP contribution >= 0.6 is 0 Å². The molecule has 30 heavy (non-hydrogen) atoms. The molecule has 2 amide bonds. The lowest BCUT2D eigenvalue weighted by molar-refractivity contribution is -0.120. The standard InChI is InChI=1S/C21H25N3O5S/c1-14-3-8-18(29-2)19(13-14)30(27,28)24-11-9-16(10-12-24)21(26)23-17-6-4-15(5-7-17)20(22)25/h3-8,13,16H,9-12H2,1-2H3,(H2,22,25)(H,23,26). The van der Waals surface area contributed by atoms with Crippen LogP contribution in [0, 0.1) is 12.8 Å². The first-order chi connectivity index (χ1) is 14.2. The number of sulfonamides is 1. The van der Waals surface area contributed by atoms with E-state index < -0.39 is 15.9 Å². The molecule has 0 unspecified atom stereocenters. The summed E-state index contributed by atoms with van der Waals surface area (Å²) in [7, 11) is -2.27. The lowest BCUT2D eigenvalue weighted by Gasteiger charge is -2.31. The zero-order chi connectivity index (χ0) is 21.9. The normalized spacial score (nSPS) is 15.5. The highest BCUT2D eigenvalue weighted by Crippen LogP contribution is 2.30. The fourth-order valence-corrected chi connectivity index (χ4v) is 5.16. The lowest BCUT2D eigenvalue weighted by atomic mass is 9.97. The Labute approximate surface area is 176 Å². The third kappa shape index (κ3) is 4.63. The van der Waals surface area contributed by atoms with E-state index in [1.807, 2.05) is 6.92 Å². The van der Waals surface area contributed by atoms with Gasteiger partial charge in [0.1, 0.15) is 10.6 Å². The summed E-state index contributed by atoms with van der Waals surface area (Å²) >= 11 is 0. The monoisotopic (exact) mass is 431 g/mol. The Morgan fingerprint density at radius 2 is 1.73 bits per heavy atom. The van der Waals surface area contributed by atoms with Crippen LogP contribution in [-0.4, -0.2) is 44.7 Å². The van der Waals surface area contributed by atoms with Gasteiger partial charge in [-0.15, -0.1) is 0 Å². The predicted octanol–water partition coefficient (Wildman–Crippen LogP) is 2.14. The Bertz CT molecular complexity index is 1040. The number of rotatable bonds is 6. The molecule has 1 aliphatic heterocycles. The molecule has 2 aromatic carbocycles. The number of ether oxygens (including phenoxy) is 1. The third-order valence-electron chi connectivity index (χ3n) is 5.20. The van der Waals surface area contributed by atoms with Crippen molar-refractivity contribution < 1.29 is 22.7 Å². The number of anilines is 1. The largest absolute Gasteiger partial charge is 0.495 e. The van der Waals surface area contributed by atoms with Crippen LogP contribution in [0.25, 0.3) is 0 Å². The summed E-state index contributed by atoms with van der Waals surface area (Å²) in [6, 6.07) is 11.4. The van der Waals surface area contributed by atoms with Crippen LogP contribution in [-0.2, 0) is 14.8 Å². The highest BCUT2D eigenvalue weighted by molar-refractivity contribution is 7.89. The second-order valence-electron chi connectivity index (χ2n) is 7.26. The zero-order valence-corrected chi connectivity index (χ0v) is 17.7. The van der Waals surface area contributed by atoms with E-state index in [-0.39, 0.29) is 29.8 Å². The number of hydrogen-bond acceptors (Lipinski definition) is 5. The molecule has 0 aromatic heterocycles. The number of nitrogens with two attached hydrogens (primary N) is 1. The number of methoxy groups -OCH3 is 1. The Balaban J connectivity index is 1.64. The smallest absolute Gasteiger partial charge is 0.248 e. The Morgan fingerprint density at radius 1 is 1.10 bits per heavy atom. The van der Waals surface area contributed by atoms with Gasteiger partial charge in [0, 0.05) is 30.3 Å². The van der Waals surface area contributed by atoms with E-state index in [1.165, 1.54) is 11.4 Å². The van der Waals surface area contributed by atoms with E-state index in [2.05, 4.69) is 5.32 Å². The predicted molar refractivity (Wildman–Crippen MR) is 113 cm³/mol. The van der Waals surface area contributed by atoms with E-state index >= 15 is 0 Å². The minimum absolute atomic E-state index is 0.141. The first-order valence-electron chi connectivity index (χ1n) is 9.58. The molecule has 3 rings (SSSR count). The molecule has 1 saturated heterocycles. The van der Waals surface area contributed by atoms with Crippen molar-refractivity contribution in [1.29, 1.82) is 0 Å². The van der Waals surface area contributed by atoms with E-state index in [4.69, 9.17) is 10.5 Å². The van der Waals surface area contributed by atoms with Gasteiger partial charge in [-0.25, -0.2) is 8.42 Å². The quantitative estimate of drug-likeness (QED) is 0.726. The maximum atomic E-state index is 13.1. The van der Waals surface area contributed by atoms with Crippen molar-refractivity contribution in [2.45, 2.75) is 24.7 Å². The van der Waals surface area contributed by atoms with Crippen molar-refractivity contribution in [3.63, 3.8) is 0 Å². The minimum atomic E-state index is -3.72. The molecular weight excluding hydrogens is 406 g/mol. The van der Waals surface area contributed by atoms with Gasteiger partial charge < -0.3 is 15.8 Å². The average molecular weight is 432 g/mol. The summed E-state index contributed by atoms with van der Waals surface area (Å²) in [5.74, 6) is -0.703. The van der Waals surface area contributed by atoms with Gasteiger partial charge in [-0.2, -0.15) is 4.31 Å². The van der Waals surface area contributed by atoms with Gasteiger partial charge in [0.05, 0.1) is 7.11 Å². The van der Waals surface area contributed by atoms with Crippen LogP contribution in [0.4, 0.5) is 5.69 Å².